The second kappa shape index (κ2) is 5.53. The summed E-state index contributed by atoms with van der Waals surface area (Å²) in [6.07, 6.45) is 3.68. The Bertz CT molecular complexity index is 471. The zero-order valence-electron chi connectivity index (χ0n) is 10.3. The molecule has 2 rings (SSSR count). The minimum absolute atomic E-state index is 0.817. The first-order valence-corrected chi connectivity index (χ1v) is 6.24. The van der Waals surface area contributed by atoms with Gasteiger partial charge in [0.15, 0.2) is 0 Å². The van der Waals surface area contributed by atoms with Gasteiger partial charge in [0.05, 0.1) is 0 Å². The normalized spacial score (nSPS) is 10.4. The quantitative estimate of drug-likeness (QED) is 0.772. The fourth-order valence-electron chi connectivity index (χ4n) is 1.96. The maximum Gasteiger partial charge on any atom is 0.0320 e. The van der Waals surface area contributed by atoms with Crippen LogP contribution < -0.4 is 5.73 Å². The first-order chi connectivity index (χ1) is 8.29. The Morgan fingerprint density at radius 3 is 2.35 bits per heavy atom. The lowest BCUT2D eigenvalue weighted by molar-refractivity contribution is 0.795. The van der Waals surface area contributed by atoms with Crippen LogP contribution in [0.15, 0.2) is 48.5 Å². The molecule has 2 N–H and O–H groups in total. The molecule has 2 aromatic rings. The molecule has 0 aliphatic rings. The number of benzene rings is 2. The maximum absolute atomic E-state index is 5.79. The molecule has 17 heavy (non-hydrogen) atoms. The Balaban J connectivity index is 2.17. The molecule has 0 spiro atoms. The number of anilines is 1. The molecule has 0 aromatic heterocycles. The van der Waals surface area contributed by atoms with Crippen LogP contribution in [0.3, 0.4) is 0 Å². The first-order valence-electron chi connectivity index (χ1n) is 6.24. The Morgan fingerprint density at radius 1 is 0.941 bits per heavy atom. The summed E-state index contributed by atoms with van der Waals surface area (Å²) in [6.45, 7) is 2.22. The molecule has 0 radical (unpaired) electrons. The topological polar surface area (TPSA) is 26.0 Å². The summed E-state index contributed by atoms with van der Waals surface area (Å²) in [5.41, 5.74) is 10.4. The number of hydrogen-bond acceptors (Lipinski definition) is 1. The van der Waals surface area contributed by atoms with Crippen molar-refractivity contribution in [2.24, 2.45) is 0 Å². The predicted octanol–water partition coefficient (Wildman–Crippen LogP) is 4.28. The Kier molecular flexibility index (Phi) is 3.81. The third kappa shape index (κ3) is 3.10. The van der Waals surface area contributed by atoms with Crippen molar-refractivity contribution in [3.05, 3.63) is 54.1 Å². The number of nitrogens with two attached hydrogens (primary N) is 1. The van der Waals surface area contributed by atoms with Crippen molar-refractivity contribution in [1.82, 2.24) is 0 Å². The molecule has 0 saturated carbocycles. The molecule has 0 aliphatic heterocycles. The van der Waals surface area contributed by atoms with Gasteiger partial charge in [0.1, 0.15) is 0 Å². The molecule has 0 amide bonds. The molecule has 0 fully saturated rings. The van der Waals surface area contributed by atoms with E-state index >= 15 is 0 Å². The smallest absolute Gasteiger partial charge is 0.0320 e. The number of unbranched alkanes of at least 4 members (excludes halogenated alkanes) is 1. The number of nitrogen functional groups attached to an aromatic ring is 1. The van der Waals surface area contributed by atoms with E-state index in [4.69, 9.17) is 5.73 Å². The number of hydrogen-bond donors (Lipinski definition) is 1. The van der Waals surface area contributed by atoms with Crippen molar-refractivity contribution in [2.45, 2.75) is 26.2 Å². The zero-order valence-corrected chi connectivity index (χ0v) is 10.3. The summed E-state index contributed by atoms with van der Waals surface area (Å²) >= 11 is 0. The number of aryl methyl sites for hydroxylation is 1. The van der Waals surface area contributed by atoms with Crippen molar-refractivity contribution >= 4 is 5.69 Å². The third-order valence-electron chi connectivity index (χ3n) is 2.99. The monoisotopic (exact) mass is 225 g/mol. The van der Waals surface area contributed by atoms with Gasteiger partial charge in [-0.05, 0) is 41.7 Å². The van der Waals surface area contributed by atoms with Gasteiger partial charge in [-0.15, -0.1) is 0 Å². The minimum Gasteiger partial charge on any atom is -0.399 e. The van der Waals surface area contributed by atoms with Crippen LogP contribution >= 0.6 is 0 Å². The van der Waals surface area contributed by atoms with Crippen LogP contribution in [0.2, 0.25) is 0 Å². The van der Waals surface area contributed by atoms with Gasteiger partial charge >= 0.3 is 0 Å². The van der Waals surface area contributed by atoms with Gasteiger partial charge in [0, 0.05) is 5.69 Å². The summed E-state index contributed by atoms with van der Waals surface area (Å²) in [5, 5.41) is 0. The second-order valence-electron chi connectivity index (χ2n) is 4.43. The maximum atomic E-state index is 5.79. The average Bonchev–Trinajstić information content (AvgIpc) is 2.37. The lowest BCUT2D eigenvalue weighted by atomic mass is 10.0. The van der Waals surface area contributed by atoms with Gasteiger partial charge in [-0.1, -0.05) is 49.7 Å². The van der Waals surface area contributed by atoms with Crippen LogP contribution in [0.4, 0.5) is 5.69 Å². The molecule has 0 aliphatic carbocycles. The summed E-state index contributed by atoms with van der Waals surface area (Å²) in [5.74, 6) is 0. The largest absolute Gasteiger partial charge is 0.399 e. The van der Waals surface area contributed by atoms with Crippen molar-refractivity contribution < 1.29 is 0 Å². The number of rotatable bonds is 4. The van der Waals surface area contributed by atoms with E-state index in [9.17, 15) is 0 Å². The van der Waals surface area contributed by atoms with Crippen molar-refractivity contribution in [3.8, 4) is 11.1 Å². The van der Waals surface area contributed by atoms with Gasteiger partial charge in [0.2, 0.25) is 0 Å². The molecule has 1 nitrogen and oxygen atoms in total. The Morgan fingerprint density at radius 2 is 1.71 bits per heavy atom. The average molecular weight is 225 g/mol. The molecule has 0 unspecified atom stereocenters. The summed E-state index contributed by atoms with van der Waals surface area (Å²) in [7, 11) is 0. The molecule has 0 atom stereocenters. The van der Waals surface area contributed by atoms with Crippen LogP contribution in [-0.4, -0.2) is 0 Å². The van der Waals surface area contributed by atoms with Gasteiger partial charge in [0.25, 0.3) is 0 Å². The molecular weight excluding hydrogens is 206 g/mol. The van der Waals surface area contributed by atoms with Crippen molar-refractivity contribution in [2.75, 3.05) is 5.73 Å². The van der Waals surface area contributed by atoms with Crippen LogP contribution in [-0.2, 0) is 6.42 Å². The highest BCUT2D eigenvalue weighted by Gasteiger charge is 1.98. The van der Waals surface area contributed by atoms with Gasteiger partial charge < -0.3 is 5.73 Å². The Labute approximate surface area is 103 Å². The lowest BCUT2D eigenvalue weighted by Crippen LogP contribution is -1.87. The van der Waals surface area contributed by atoms with Crippen LogP contribution in [0, 0.1) is 0 Å². The van der Waals surface area contributed by atoms with E-state index in [2.05, 4.69) is 37.3 Å². The molecule has 88 valence electrons. The molecule has 0 bridgehead atoms. The van der Waals surface area contributed by atoms with Gasteiger partial charge in [-0.25, -0.2) is 0 Å². The van der Waals surface area contributed by atoms with E-state index in [1.807, 2.05) is 18.2 Å². The third-order valence-corrected chi connectivity index (χ3v) is 2.99. The fourth-order valence-corrected chi connectivity index (χ4v) is 1.96. The Hall–Kier alpha value is -1.76. The van der Waals surface area contributed by atoms with Crippen molar-refractivity contribution in [1.29, 1.82) is 0 Å². The standard InChI is InChI=1S/C16H19N/c1-2-3-5-13-8-10-14(11-9-13)15-6-4-7-16(17)12-15/h4,6-12H,2-3,5,17H2,1H3. The van der Waals surface area contributed by atoms with E-state index in [1.54, 1.807) is 0 Å². The zero-order chi connectivity index (χ0) is 12.1. The van der Waals surface area contributed by atoms with E-state index in [0.717, 1.165) is 5.69 Å². The molecule has 1 heteroatoms. The van der Waals surface area contributed by atoms with Gasteiger partial charge in [-0.2, -0.15) is 0 Å². The SMILES string of the molecule is CCCCc1ccc(-c2cccc(N)c2)cc1. The highest BCUT2D eigenvalue weighted by atomic mass is 14.5. The fraction of sp³-hybridized carbons (Fsp3) is 0.250. The van der Waals surface area contributed by atoms with Crippen LogP contribution in [0.5, 0.6) is 0 Å². The minimum atomic E-state index is 0.817. The van der Waals surface area contributed by atoms with Crippen LogP contribution in [0.1, 0.15) is 25.3 Å². The molecule has 0 heterocycles. The lowest BCUT2D eigenvalue weighted by Gasteiger charge is -2.05. The summed E-state index contributed by atoms with van der Waals surface area (Å²) in [4.78, 5) is 0. The molecular formula is C16H19N. The molecule has 0 saturated heterocycles. The van der Waals surface area contributed by atoms with E-state index in [0.29, 0.717) is 0 Å². The highest BCUT2D eigenvalue weighted by molar-refractivity contribution is 5.67. The highest BCUT2D eigenvalue weighted by Crippen LogP contribution is 2.22. The molecule has 2 aromatic carbocycles. The van der Waals surface area contributed by atoms with Crippen molar-refractivity contribution in [3.63, 3.8) is 0 Å². The first kappa shape index (κ1) is 11.7. The van der Waals surface area contributed by atoms with Gasteiger partial charge in [-0.3, -0.25) is 0 Å². The predicted molar refractivity (Wildman–Crippen MR) is 74.9 cm³/mol. The summed E-state index contributed by atoms with van der Waals surface area (Å²) in [6, 6.07) is 16.8. The second-order valence-corrected chi connectivity index (χ2v) is 4.43. The van der Waals surface area contributed by atoms with E-state index in [1.165, 1.54) is 36.0 Å². The van der Waals surface area contributed by atoms with E-state index in [-0.39, 0.29) is 0 Å². The van der Waals surface area contributed by atoms with E-state index < -0.39 is 0 Å². The van der Waals surface area contributed by atoms with Crippen LogP contribution in [0.25, 0.3) is 11.1 Å². The summed E-state index contributed by atoms with van der Waals surface area (Å²) < 4.78 is 0.